The number of carboxylic acid groups (broad SMARTS) is 1. The Morgan fingerprint density at radius 1 is 1.33 bits per heavy atom. The summed E-state index contributed by atoms with van der Waals surface area (Å²) >= 11 is 5.82. The van der Waals surface area contributed by atoms with Gasteiger partial charge in [0.2, 0.25) is 0 Å². The number of halogens is 1. The number of carboxylic acids is 1. The lowest BCUT2D eigenvalue weighted by Crippen LogP contribution is -2.18. The van der Waals surface area contributed by atoms with Crippen LogP contribution in [0.15, 0.2) is 41.4 Å². The lowest BCUT2D eigenvalue weighted by molar-refractivity contribution is 0.0692. The van der Waals surface area contributed by atoms with Crippen molar-refractivity contribution in [1.82, 2.24) is 4.98 Å². The van der Waals surface area contributed by atoms with Crippen molar-refractivity contribution in [3.05, 3.63) is 47.1 Å². The highest BCUT2D eigenvalue weighted by atomic mass is 35.5. The van der Waals surface area contributed by atoms with Gasteiger partial charge in [0.15, 0.2) is 5.82 Å². The van der Waals surface area contributed by atoms with Crippen LogP contribution in [0.3, 0.4) is 0 Å². The van der Waals surface area contributed by atoms with Crippen LogP contribution in [-0.4, -0.2) is 24.5 Å². The number of hydrogen-bond donors (Lipinski definition) is 3. The summed E-state index contributed by atoms with van der Waals surface area (Å²) in [4.78, 5) is 14.5. The van der Waals surface area contributed by atoms with Gasteiger partial charge in [0.25, 0.3) is 10.0 Å². The lowest BCUT2D eigenvalue weighted by atomic mass is 10.2. The Morgan fingerprint density at radius 2 is 2.05 bits per heavy atom. The van der Waals surface area contributed by atoms with Gasteiger partial charge in [-0.05, 0) is 30.3 Å². The van der Waals surface area contributed by atoms with E-state index in [1.807, 2.05) is 0 Å². The molecule has 0 aliphatic carbocycles. The molecule has 0 atom stereocenters. The van der Waals surface area contributed by atoms with Crippen molar-refractivity contribution in [2.45, 2.75) is 4.90 Å². The lowest BCUT2D eigenvalue weighted by Gasteiger charge is -2.11. The Morgan fingerprint density at radius 3 is 2.67 bits per heavy atom. The number of nitrogens with one attached hydrogen (secondary N) is 1. The average molecular weight is 328 g/mol. The minimum Gasteiger partial charge on any atom is -0.478 e. The fourth-order valence-electron chi connectivity index (χ4n) is 1.59. The van der Waals surface area contributed by atoms with Gasteiger partial charge in [-0.3, -0.25) is 4.72 Å². The predicted molar refractivity (Wildman–Crippen MR) is 77.9 cm³/mol. The number of anilines is 2. The van der Waals surface area contributed by atoms with E-state index < -0.39 is 26.5 Å². The van der Waals surface area contributed by atoms with Crippen molar-refractivity contribution in [2.75, 3.05) is 10.5 Å². The second kappa shape index (κ2) is 5.58. The summed E-state index contributed by atoms with van der Waals surface area (Å²) in [6, 6.07) is 6.45. The second-order valence-electron chi connectivity index (χ2n) is 4.00. The van der Waals surface area contributed by atoms with Crippen molar-refractivity contribution in [1.29, 1.82) is 0 Å². The van der Waals surface area contributed by atoms with Crippen LogP contribution in [0.2, 0.25) is 5.02 Å². The fraction of sp³-hybridized carbons (Fsp3) is 0. The zero-order chi connectivity index (χ0) is 15.6. The summed E-state index contributed by atoms with van der Waals surface area (Å²) in [5.74, 6) is -1.50. The van der Waals surface area contributed by atoms with Gasteiger partial charge < -0.3 is 10.8 Å². The van der Waals surface area contributed by atoms with Gasteiger partial charge >= 0.3 is 5.97 Å². The van der Waals surface area contributed by atoms with E-state index in [9.17, 15) is 13.2 Å². The maximum Gasteiger partial charge on any atom is 0.337 e. The van der Waals surface area contributed by atoms with E-state index in [0.717, 1.165) is 12.1 Å². The van der Waals surface area contributed by atoms with Crippen LogP contribution in [0.1, 0.15) is 10.4 Å². The third kappa shape index (κ3) is 3.23. The smallest absolute Gasteiger partial charge is 0.337 e. The minimum atomic E-state index is -4.16. The number of sulfonamides is 1. The van der Waals surface area contributed by atoms with E-state index >= 15 is 0 Å². The number of nitrogen functional groups attached to an aromatic ring is 1. The molecule has 0 amide bonds. The third-order valence-electron chi connectivity index (χ3n) is 2.51. The number of nitrogens with two attached hydrogens (primary N) is 1. The number of pyridine rings is 1. The third-order valence-corrected chi connectivity index (χ3v) is 4.22. The molecule has 2 aromatic rings. The first-order valence-corrected chi connectivity index (χ1v) is 7.43. The summed E-state index contributed by atoms with van der Waals surface area (Å²) in [5, 5.41) is 9.18. The number of benzene rings is 1. The monoisotopic (exact) mass is 327 g/mol. The Balaban J connectivity index is 2.50. The highest BCUT2D eigenvalue weighted by Crippen LogP contribution is 2.24. The van der Waals surface area contributed by atoms with Crippen molar-refractivity contribution in [3.63, 3.8) is 0 Å². The molecule has 1 aromatic carbocycles. The molecule has 1 aromatic heterocycles. The molecule has 9 heteroatoms. The van der Waals surface area contributed by atoms with Crippen LogP contribution in [0, 0.1) is 0 Å². The molecule has 110 valence electrons. The molecular formula is C12H10ClN3O4S. The van der Waals surface area contributed by atoms with Gasteiger partial charge in [-0.1, -0.05) is 11.6 Å². The van der Waals surface area contributed by atoms with Crippen molar-refractivity contribution < 1.29 is 18.3 Å². The van der Waals surface area contributed by atoms with Crippen LogP contribution in [0.5, 0.6) is 0 Å². The molecule has 1 heterocycles. The molecule has 7 nitrogen and oxygen atoms in total. The molecule has 0 aliphatic heterocycles. The highest BCUT2D eigenvalue weighted by molar-refractivity contribution is 7.92. The number of aromatic carboxylic acids is 1. The van der Waals surface area contributed by atoms with E-state index in [-0.39, 0.29) is 16.5 Å². The topological polar surface area (TPSA) is 122 Å². The largest absolute Gasteiger partial charge is 0.478 e. The van der Waals surface area contributed by atoms with Gasteiger partial charge in [-0.15, -0.1) is 0 Å². The maximum absolute atomic E-state index is 12.3. The van der Waals surface area contributed by atoms with E-state index in [0.29, 0.717) is 0 Å². The maximum atomic E-state index is 12.3. The summed E-state index contributed by atoms with van der Waals surface area (Å²) < 4.78 is 26.7. The molecule has 0 spiro atoms. The second-order valence-corrected chi connectivity index (χ2v) is 6.06. The number of carbonyl (C=O) groups is 1. The average Bonchev–Trinajstić information content (AvgIpc) is 2.40. The predicted octanol–water partition coefficient (Wildman–Crippen LogP) is 1.82. The summed E-state index contributed by atoms with van der Waals surface area (Å²) in [7, 11) is -4.16. The number of nitrogens with zero attached hydrogens (tertiary/aromatic N) is 1. The van der Waals surface area contributed by atoms with Crippen molar-refractivity contribution in [3.8, 4) is 0 Å². The van der Waals surface area contributed by atoms with Crippen molar-refractivity contribution in [2.24, 2.45) is 0 Å². The Hall–Kier alpha value is -2.32. The zero-order valence-corrected chi connectivity index (χ0v) is 12.0. The normalized spacial score (nSPS) is 11.1. The Labute approximate surface area is 125 Å². The van der Waals surface area contributed by atoms with E-state index in [1.165, 1.54) is 24.4 Å². The van der Waals surface area contributed by atoms with E-state index in [1.54, 1.807) is 0 Å². The van der Waals surface area contributed by atoms with Gasteiger partial charge in [0, 0.05) is 11.9 Å². The molecule has 21 heavy (non-hydrogen) atoms. The highest BCUT2D eigenvalue weighted by Gasteiger charge is 2.23. The van der Waals surface area contributed by atoms with Crippen LogP contribution in [0.4, 0.5) is 11.5 Å². The number of hydrogen-bond acceptors (Lipinski definition) is 5. The minimum absolute atomic E-state index is 0.0904. The van der Waals surface area contributed by atoms with Gasteiger partial charge in [0.1, 0.15) is 4.90 Å². The summed E-state index contributed by atoms with van der Waals surface area (Å²) in [5.41, 5.74) is 5.18. The molecule has 0 unspecified atom stereocenters. The van der Waals surface area contributed by atoms with Crippen LogP contribution >= 0.6 is 11.6 Å². The van der Waals surface area contributed by atoms with E-state index in [4.69, 9.17) is 22.4 Å². The Kier molecular flexibility index (Phi) is 4.01. The molecule has 0 bridgehead atoms. The number of rotatable bonds is 4. The molecular weight excluding hydrogens is 318 g/mol. The van der Waals surface area contributed by atoms with Gasteiger partial charge in [-0.25, -0.2) is 18.2 Å². The molecule has 0 saturated heterocycles. The number of aromatic nitrogens is 1. The quantitative estimate of drug-likeness (QED) is 0.736. The first-order chi connectivity index (χ1) is 9.81. The van der Waals surface area contributed by atoms with Gasteiger partial charge in [0.05, 0.1) is 10.6 Å². The first-order valence-electron chi connectivity index (χ1n) is 5.57. The fourth-order valence-corrected chi connectivity index (χ4v) is 3.03. The molecule has 4 N–H and O–H groups in total. The molecule has 0 saturated carbocycles. The standard InChI is InChI=1S/C12H10ClN3O4S/c13-9-2-1-5-15-11(9)16-21(19,20)10-4-3-7(14)6-8(10)12(17)18/h1-6H,14H2,(H,15,16)(H,17,18). The van der Waals surface area contributed by atoms with Crippen LogP contribution in [0.25, 0.3) is 0 Å². The van der Waals surface area contributed by atoms with Gasteiger partial charge in [-0.2, -0.15) is 0 Å². The molecule has 2 rings (SSSR count). The molecule has 0 radical (unpaired) electrons. The Bertz CT molecular complexity index is 808. The molecule has 0 fully saturated rings. The summed E-state index contributed by atoms with van der Waals surface area (Å²) in [6.07, 6.45) is 1.35. The zero-order valence-electron chi connectivity index (χ0n) is 10.4. The van der Waals surface area contributed by atoms with E-state index in [2.05, 4.69) is 9.71 Å². The van der Waals surface area contributed by atoms with Crippen LogP contribution < -0.4 is 10.5 Å². The SMILES string of the molecule is Nc1ccc(S(=O)(=O)Nc2ncccc2Cl)c(C(=O)O)c1. The first kappa shape index (κ1) is 15.1. The van der Waals surface area contributed by atoms with Crippen LogP contribution in [-0.2, 0) is 10.0 Å². The van der Waals surface area contributed by atoms with Crippen molar-refractivity contribution >= 4 is 39.1 Å². The molecule has 0 aliphatic rings. The summed E-state index contributed by atoms with van der Waals surface area (Å²) in [6.45, 7) is 0.